The number of hydrogen-bond acceptors (Lipinski definition) is 4. The smallest absolute Gasteiger partial charge is 0.380 e. The van der Waals surface area contributed by atoms with Crippen LogP contribution in [0.25, 0.3) is 22.1 Å². The molecule has 3 N–H and O–H groups in total. The van der Waals surface area contributed by atoms with E-state index < -0.39 is 22.8 Å². The molecular formula is C23H16ClF3N4O2. The van der Waals surface area contributed by atoms with E-state index in [2.05, 4.69) is 10.5 Å². The van der Waals surface area contributed by atoms with Crippen molar-refractivity contribution in [3.05, 3.63) is 70.7 Å². The second-order valence-electron chi connectivity index (χ2n) is 7.61. The maximum Gasteiger partial charge on any atom is 0.417 e. The van der Waals surface area contributed by atoms with Crippen molar-refractivity contribution in [3.8, 4) is 11.1 Å². The van der Waals surface area contributed by atoms with Crippen LogP contribution in [0.2, 0.25) is 5.02 Å². The van der Waals surface area contributed by atoms with E-state index in [9.17, 15) is 18.0 Å². The van der Waals surface area contributed by atoms with Crippen molar-refractivity contribution in [1.82, 2.24) is 5.16 Å². The SMILES string of the molecule is Nc1noc2cccc(-c3ccc4c(c3)CCN4C(=O)Nc3ccc(Cl)c(C(F)(F)F)c3)c12. The summed E-state index contributed by atoms with van der Waals surface area (Å²) in [5.41, 5.74) is 8.92. The first kappa shape index (κ1) is 21.1. The monoisotopic (exact) mass is 472 g/mol. The van der Waals surface area contributed by atoms with Gasteiger partial charge in [-0.25, -0.2) is 4.79 Å². The minimum atomic E-state index is -4.62. The molecule has 4 aromatic rings. The quantitative estimate of drug-likeness (QED) is 0.356. The molecule has 0 bridgehead atoms. The third-order valence-corrected chi connectivity index (χ3v) is 5.91. The van der Waals surface area contributed by atoms with Crippen molar-refractivity contribution in [2.24, 2.45) is 0 Å². The molecule has 2 amide bonds. The molecule has 0 saturated carbocycles. The molecule has 0 aliphatic carbocycles. The summed E-state index contributed by atoms with van der Waals surface area (Å²) < 4.78 is 44.6. The Morgan fingerprint density at radius 1 is 1.15 bits per heavy atom. The Bertz CT molecular complexity index is 1400. The summed E-state index contributed by atoms with van der Waals surface area (Å²) in [6, 6.07) is 13.9. The second-order valence-corrected chi connectivity index (χ2v) is 8.02. The van der Waals surface area contributed by atoms with Gasteiger partial charge < -0.3 is 15.6 Å². The number of nitrogens with one attached hydrogen (secondary N) is 1. The van der Waals surface area contributed by atoms with Gasteiger partial charge >= 0.3 is 12.2 Å². The first-order valence-corrected chi connectivity index (χ1v) is 10.3. The van der Waals surface area contributed by atoms with E-state index in [1.165, 1.54) is 11.0 Å². The van der Waals surface area contributed by atoms with Gasteiger partial charge in [0.1, 0.15) is 0 Å². The van der Waals surface area contributed by atoms with Gasteiger partial charge in [0.25, 0.3) is 0 Å². The molecule has 0 unspecified atom stereocenters. The normalized spacial score (nSPS) is 13.4. The Labute approximate surface area is 190 Å². The Morgan fingerprint density at radius 3 is 2.76 bits per heavy atom. The van der Waals surface area contributed by atoms with Crippen LogP contribution in [-0.2, 0) is 12.6 Å². The molecule has 0 spiro atoms. The van der Waals surface area contributed by atoms with Gasteiger partial charge in [-0.1, -0.05) is 35.0 Å². The van der Waals surface area contributed by atoms with Crippen molar-refractivity contribution in [2.75, 3.05) is 22.5 Å². The Balaban J connectivity index is 1.42. The van der Waals surface area contributed by atoms with Crippen molar-refractivity contribution in [1.29, 1.82) is 0 Å². The van der Waals surface area contributed by atoms with Gasteiger partial charge in [0, 0.05) is 17.9 Å². The minimum absolute atomic E-state index is 0.0106. The molecule has 3 aromatic carbocycles. The van der Waals surface area contributed by atoms with Crippen molar-refractivity contribution >= 4 is 45.8 Å². The number of nitrogens with two attached hydrogens (primary N) is 1. The van der Waals surface area contributed by atoms with E-state index in [4.69, 9.17) is 21.9 Å². The molecule has 10 heteroatoms. The minimum Gasteiger partial charge on any atom is -0.380 e. The Hall–Kier alpha value is -3.72. The molecule has 33 heavy (non-hydrogen) atoms. The lowest BCUT2D eigenvalue weighted by atomic mass is 9.99. The Kier molecular flexibility index (Phi) is 4.93. The van der Waals surface area contributed by atoms with Crippen LogP contribution in [-0.4, -0.2) is 17.7 Å². The van der Waals surface area contributed by atoms with Gasteiger partial charge in [0.2, 0.25) is 0 Å². The van der Waals surface area contributed by atoms with Gasteiger partial charge in [0.05, 0.1) is 16.0 Å². The third kappa shape index (κ3) is 3.74. The van der Waals surface area contributed by atoms with Crippen LogP contribution in [0.15, 0.2) is 59.1 Å². The van der Waals surface area contributed by atoms with E-state index >= 15 is 0 Å². The van der Waals surface area contributed by atoms with Crippen LogP contribution in [0.3, 0.4) is 0 Å². The average molecular weight is 473 g/mol. The highest BCUT2D eigenvalue weighted by atomic mass is 35.5. The fourth-order valence-corrected chi connectivity index (χ4v) is 4.27. The lowest BCUT2D eigenvalue weighted by Crippen LogP contribution is -2.33. The zero-order valence-corrected chi connectivity index (χ0v) is 17.7. The predicted molar refractivity (Wildman–Crippen MR) is 120 cm³/mol. The number of carbonyl (C=O) groups excluding carboxylic acids is 1. The topological polar surface area (TPSA) is 84.4 Å². The summed E-state index contributed by atoms with van der Waals surface area (Å²) in [7, 11) is 0. The highest BCUT2D eigenvalue weighted by Crippen LogP contribution is 2.38. The van der Waals surface area contributed by atoms with Gasteiger partial charge in [0.15, 0.2) is 11.4 Å². The molecule has 0 saturated heterocycles. The maximum atomic E-state index is 13.1. The number of benzene rings is 3. The van der Waals surface area contributed by atoms with E-state index in [1.807, 2.05) is 30.3 Å². The van der Waals surface area contributed by atoms with Gasteiger partial charge in [-0.2, -0.15) is 13.2 Å². The molecular weight excluding hydrogens is 457 g/mol. The fourth-order valence-electron chi connectivity index (χ4n) is 4.05. The number of rotatable bonds is 2. The van der Waals surface area contributed by atoms with E-state index in [-0.39, 0.29) is 5.69 Å². The predicted octanol–water partition coefficient (Wildman–Crippen LogP) is 6.34. The number of hydrogen-bond donors (Lipinski definition) is 2. The van der Waals surface area contributed by atoms with E-state index in [0.717, 1.165) is 28.8 Å². The van der Waals surface area contributed by atoms with Gasteiger partial charge in [-0.15, -0.1) is 0 Å². The number of nitrogen functional groups attached to an aromatic ring is 1. The number of amides is 2. The zero-order chi connectivity index (χ0) is 23.3. The van der Waals surface area contributed by atoms with Crippen LogP contribution < -0.4 is 16.0 Å². The van der Waals surface area contributed by atoms with Crippen molar-refractivity contribution in [2.45, 2.75) is 12.6 Å². The van der Waals surface area contributed by atoms with Crippen LogP contribution >= 0.6 is 11.6 Å². The largest absolute Gasteiger partial charge is 0.417 e. The van der Waals surface area contributed by atoms with E-state index in [1.54, 1.807) is 6.07 Å². The number of urea groups is 1. The fraction of sp³-hybridized carbons (Fsp3) is 0.130. The van der Waals surface area contributed by atoms with Gasteiger partial charge in [-0.05, 0) is 59.5 Å². The highest BCUT2D eigenvalue weighted by Gasteiger charge is 2.34. The number of aromatic nitrogens is 1. The number of nitrogens with zero attached hydrogens (tertiary/aromatic N) is 2. The average Bonchev–Trinajstić information content (AvgIpc) is 3.37. The second kappa shape index (κ2) is 7.70. The molecule has 1 aliphatic heterocycles. The summed E-state index contributed by atoms with van der Waals surface area (Å²) in [6.07, 6.45) is -4.02. The van der Waals surface area contributed by atoms with E-state index in [0.29, 0.717) is 35.4 Å². The number of alkyl halides is 3. The van der Waals surface area contributed by atoms with Crippen molar-refractivity contribution in [3.63, 3.8) is 0 Å². The summed E-state index contributed by atoms with van der Waals surface area (Å²) >= 11 is 5.65. The first-order chi connectivity index (χ1) is 15.7. The van der Waals surface area contributed by atoms with Crippen molar-refractivity contribution < 1.29 is 22.5 Å². The third-order valence-electron chi connectivity index (χ3n) is 5.58. The first-order valence-electron chi connectivity index (χ1n) is 9.95. The van der Waals surface area contributed by atoms with Crippen LogP contribution in [0, 0.1) is 0 Å². The molecule has 1 aromatic heterocycles. The van der Waals surface area contributed by atoms with Crippen LogP contribution in [0.4, 0.5) is 35.2 Å². The molecule has 0 fully saturated rings. The van der Waals surface area contributed by atoms with Crippen LogP contribution in [0.1, 0.15) is 11.1 Å². The summed E-state index contributed by atoms with van der Waals surface area (Å²) in [5, 5.41) is 6.64. The number of carbonyl (C=O) groups is 1. The lowest BCUT2D eigenvalue weighted by Gasteiger charge is -2.19. The molecule has 6 nitrogen and oxygen atoms in total. The maximum absolute atomic E-state index is 13.1. The molecule has 168 valence electrons. The summed E-state index contributed by atoms with van der Waals surface area (Å²) in [5.74, 6) is 0.295. The standard InChI is InChI=1S/C23H16ClF3N4O2/c24-17-6-5-14(11-16(17)23(25,26)27)29-22(32)31-9-8-13-10-12(4-7-18(13)31)15-2-1-3-19-20(15)21(28)30-33-19/h1-7,10-11H,8-9H2,(H2,28,30)(H,29,32). The summed E-state index contributed by atoms with van der Waals surface area (Å²) in [4.78, 5) is 14.3. The summed E-state index contributed by atoms with van der Waals surface area (Å²) in [6.45, 7) is 0.393. The number of fused-ring (bicyclic) bond motifs is 2. The highest BCUT2D eigenvalue weighted by molar-refractivity contribution is 6.31. The number of anilines is 3. The molecule has 1 aliphatic rings. The van der Waals surface area contributed by atoms with Gasteiger partial charge in [-0.3, -0.25) is 4.90 Å². The molecule has 0 atom stereocenters. The number of halogens is 4. The molecule has 0 radical (unpaired) electrons. The van der Waals surface area contributed by atoms with Crippen LogP contribution in [0.5, 0.6) is 0 Å². The Morgan fingerprint density at radius 2 is 1.97 bits per heavy atom. The molecule has 2 heterocycles. The zero-order valence-electron chi connectivity index (χ0n) is 16.9. The lowest BCUT2D eigenvalue weighted by molar-refractivity contribution is -0.137. The molecule has 5 rings (SSSR count).